The molecule has 1 N–H and O–H groups in total. The van der Waals surface area contributed by atoms with E-state index in [0.29, 0.717) is 36.7 Å². The van der Waals surface area contributed by atoms with Crippen molar-refractivity contribution < 1.29 is 22.7 Å². The first-order valence-corrected chi connectivity index (χ1v) is 10.9. The van der Waals surface area contributed by atoms with Crippen molar-refractivity contribution in [3.05, 3.63) is 54.1 Å². The van der Waals surface area contributed by atoms with E-state index in [1.54, 1.807) is 29.2 Å². The van der Waals surface area contributed by atoms with E-state index in [4.69, 9.17) is 4.74 Å². The second-order valence-electron chi connectivity index (χ2n) is 8.20. The Labute approximate surface area is 194 Å². The first kappa shape index (κ1) is 23.7. The molecule has 1 aliphatic heterocycles. The molecular formula is C23H25F3N6O2. The Bertz CT molecular complexity index is 1170. The maximum absolute atomic E-state index is 13.7. The van der Waals surface area contributed by atoms with Gasteiger partial charge in [-0.1, -0.05) is 6.07 Å². The highest BCUT2D eigenvalue weighted by molar-refractivity contribution is 6.03. The minimum absolute atomic E-state index is 0.0122. The number of carbonyl (C=O) groups excluding carboxylic acids is 1. The number of rotatable bonds is 5. The molecule has 3 aromatic heterocycles. The molecule has 11 heteroatoms. The summed E-state index contributed by atoms with van der Waals surface area (Å²) >= 11 is 0. The van der Waals surface area contributed by atoms with E-state index in [0.717, 1.165) is 6.20 Å². The molecule has 0 saturated carbocycles. The van der Waals surface area contributed by atoms with Gasteiger partial charge in [0.05, 0.1) is 35.3 Å². The van der Waals surface area contributed by atoms with Crippen LogP contribution < -0.4 is 10.2 Å². The lowest BCUT2D eigenvalue weighted by Crippen LogP contribution is -2.45. The number of hydrogen-bond acceptors (Lipinski definition) is 6. The fourth-order valence-corrected chi connectivity index (χ4v) is 3.89. The molecule has 180 valence electrons. The lowest BCUT2D eigenvalue weighted by atomic mass is 10.1. The maximum atomic E-state index is 13.7. The maximum Gasteiger partial charge on any atom is 0.419 e. The number of nitrogens with zero attached hydrogens (tertiary/aromatic N) is 5. The van der Waals surface area contributed by atoms with E-state index in [1.165, 1.54) is 12.1 Å². The van der Waals surface area contributed by atoms with E-state index < -0.39 is 17.6 Å². The number of aromatic nitrogens is 4. The number of nitrogens with one attached hydrogen (secondary N) is 1. The number of hydrogen-bond donors (Lipinski definition) is 1. The zero-order valence-electron chi connectivity index (χ0n) is 19.0. The normalized spacial score (nSPS) is 18.7. The molecule has 1 aliphatic rings. The Morgan fingerprint density at radius 3 is 2.59 bits per heavy atom. The molecule has 0 bridgehead atoms. The summed E-state index contributed by atoms with van der Waals surface area (Å²) in [5.74, 6) is -0.421. The van der Waals surface area contributed by atoms with Crippen molar-refractivity contribution in [3.8, 4) is 11.3 Å². The van der Waals surface area contributed by atoms with Gasteiger partial charge in [-0.2, -0.15) is 18.3 Å². The molecule has 0 radical (unpaired) electrons. The van der Waals surface area contributed by atoms with Gasteiger partial charge in [0.15, 0.2) is 0 Å². The van der Waals surface area contributed by atoms with Crippen LogP contribution in [0.4, 0.5) is 24.7 Å². The van der Waals surface area contributed by atoms with Crippen molar-refractivity contribution in [1.29, 1.82) is 0 Å². The Kier molecular flexibility index (Phi) is 6.56. The van der Waals surface area contributed by atoms with Crippen molar-refractivity contribution >= 4 is 17.4 Å². The van der Waals surface area contributed by atoms with Crippen LogP contribution in [0, 0.1) is 0 Å². The summed E-state index contributed by atoms with van der Waals surface area (Å²) in [4.78, 5) is 23.1. The van der Waals surface area contributed by atoms with Gasteiger partial charge in [0.25, 0.3) is 5.91 Å². The molecule has 0 aromatic carbocycles. The molecule has 0 unspecified atom stereocenters. The third-order valence-electron chi connectivity index (χ3n) is 5.42. The quantitative estimate of drug-likeness (QED) is 0.595. The highest BCUT2D eigenvalue weighted by atomic mass is 19.4. The molecule has 0 spiro atoms. The molecule has 8 nitrogen and oxygen atoms in total. The largest absolute Gasteiger partial charge is 0.419 e. The summed E-state index contributed by atoms with van der Waals surface area (Å²) in [6.45, 7) is 7.34. The van der Waals surface area contributed by atoms with Gasteiger partial charge < -0.3 is 15.0 Å². The van der Waals surface area contributed by atoms with Gasteiger partial charge in [-0.25, -0.2) is 9.97 Å². The van der Waals surface area contributed by atoms with Crippen LogP contribution >= 0.6 is 0 Å². The predicted octanol–water partition coefficient (Wildman–Crippen LogP) is 4.24. The van der Waals surface area contributed by atoms with Crippen LogP contribution in [0.15, 0.2) is 42.9 Å². The van der Waals surface area contributed by atoms with E-state index in [2.05, 4.69) is 20.4 Å². The smallest absolute Gasteiger partial charge is 0.372 e. The zero-order chi connectivity index (χ0) is 24.5. The van der Waals surface area contributed by atoms with Gasteiger partial charge in [0, 0.05) is 43.7 Å². The summed E-state index contributed by atoms with van der Waals surface area (Å²) in [7, 11) is 0. The Balaban J connectivity index is 1.63. The van der Waals surface area contributed by atoms with E-state index in [1.807, 2.05) is 25.7 Å². The van der Waals surface area contributed by atoms with E-state index in [-0.39, 0.29) is 23.6 Å². The minimum Gasteiger partial charge on any atom is -0.372 e. The number of aryl methyl sites for hydroxylation is 1. The van der Waals surface area contributed by atoms with Crippen LogP contribution in [0.1, 0.15) is 36.8 Å². The van der Waals surface area contributed by atoms with Crippen LogP contribution in [-0.2, 0) is 17.5 Å². The van der Waals surface area contributed by atoms with Crippen molar-refractivity contribution in [2.75, 3.05) is 23.3 Å². The third kappa shape index (κ3) is 5.19. The number of anilines is 2. The molecule has 0 aliphatic carbocycles. The van der Waals surface area contributed by atoms with Crippen LogP contribution in [-0.4, -0.2) is 51.0 Å². The Morgan fingerprint density at radius 1 is 1.21 bits per heavy atom. The van der Waals surface area contributed by atoms with Crippen molar-refractivity contribution in [1.82, 2.24) is 19.7 Å². The monoisotopic (exact) mass is 474 g/mol. The second kappa shape index (κ2) is 9.41. The van der Waals surface area contributed by atoms with Gasteiger partial charge in [-0.15, -0.1) is 0 Å². The number of carbonyl (C=O) groups is 1. The van der Waals surface area contributed by atoms with Crippen molar-refractivity contribution in [2.24, 2.45) is 0 Å². The number of pyridine rings is 2. The standard InChI is InChI=1S/C23H25F3N6O2/c1-4-32-13-16(9-28-32)18-6-5-7-19(29-18)22(33)30-20-8-21(27-10-17(20)23(24,25)26)31-11-14(2)34-15(3)12-31/h5-10,13-15H,4,11-12H2,1-3H3,(H,27,30,33)/t14-,15+. The number of alkyl halides is 3. The highest BCUT2D eigenvalue weighted by Crippen LogP contribution is 2.36. The molecule has 1 fully saturated rings. The molecule has 1 saturated heterocycles. The fraction of sp³-hybridized carbons (Fsp3) is 0.391. The van der Waals surface area contributed by atoms with Crippen LogP contribution in [0.3, 0.4) is 0 Å². The minimum atomic E-state index is -4.69. The lowest BCUT2D eigenvalue weighted by molar-refractivity contribution is -0.137. The van der Waals surface area contributed by atoms with Gasteiger partial charge in [-0.3, -0.25) is 9.48 Å². The highest BCUT2D eigenvalue weighted by Gasteiger charge is 2.35. The summed E-state index contributed by atoms with van der Waals surface area (Å²) in [6.07, 6.45) is -0.743. The van der Waals surface area contributed by atoms with Crippen LogP contribution in [0.2, 0.25) is 0 Å². The van der Waals surface area contributed by atoms with E-state index in [9.17, 15) is 18.0 Å². The first-order valence-electron chi connectivity index (χ1n) is 10.9. The second-order valence-corrected chi connectivity index (χ2v) is 8.20. The summed E-state index contributed by atoms with van der Waals surface area (Å²) in [5, 5.41) is 6.58. The third-order valence-corrected chi connectivity index (χ3v) is 5.42. The summed E-state index contributed by atoms with van der Waals surface area (Å²) in [6, 6.07) is 6.03. The molecule has 2 atom stereocenters. The number of morpholine rings is 1. The van der Waals surface area contributed by atoms with Gasteiger partial charge in [-0.05, 0) is 32.9 Å². The SMILES string of the molecule is CCn1cc(-c2cccc(C(=O)Nc3cc(N4C[C@@H](C)O[C@@H](C)C4)ncc3C(F)(F)F)n2)cn1. The molecular weight excluding hydrogens is 449 g/mol. The predicted molar refractivity (Wildman–Crippen MR) is 121 cm³/mol. The molecule has 3 aromatic rings. The number of ether oxygens (including phenoxy) is 1. The lowest BCUT2D eigenvalue weighted by Gasteiger charge is -2.36. The number of amides is 1. The molecule has 4 rings (SSSR count). The fourth-order valence-electron chi connectivity index (χ4n) is 3.89. The van der Waals surface area contributed by atoms with Crippen molar-refractivity contribution in [2.45, 2.75) is 45.7 Å². The Morgan fingerprint density at radius 2 is 1.94 bits per heavy atom. The number of halogens is 3. The average molecular weight is 474 g/mol. The summed E-state index contributed by atoms with van der Waals surface area (Å²) < 4.78 is 48.4. The van der Waals surface area contributed by atoms with Crippen LogP contribution in [0.5, 0.6) is 0 Å². The average Bonchev–Trinajstić information content (AvgIpc) is 3.27. The Hall–Kier alpha value is -3.47. The van der Waals surface area contributed by atoms with Gasteiger partial charge >= 0.3 is 6.18 Å². The molecule has 4 heterocycles. The van der Waals surface area contributed by atoms with Crippen LogP contribution in [0.25, 0.3) is 11.3 Å². The van der Waals surface area contributed by atoms with Gasteiger partial charge in [0.2, 0.25) is 0 Å². The topological polar surface area (TPSA) is 85.2 Å². The zero-order valence-corrected chi connectivity index (χ0v) is 19.0. The molecule has 34 heavy (non-hydrogen) atoms. The molecule has 1 amide bonds. The summed E-state index contributed by atoms with van der Waals surface area (Å²) in [5.41, 5.74) is -0.217. The van der Waals surface area contributed by atoms with Crippen molar-refractivity contribution in [3.63, 3.8) is 0 Å². The van der Waals surface area contributed by atoms with E-state index >= 15 is 0 Å². The first-order chi connectivity index (χ1) is 16.1. The van der Waals surface area contributed by atoms with Gasteiger partial charge in [0.1, 0.15) is 11.5 Å².